The van der Waals surface area contributed by atoms with Gasteiger partial charge in [-0.1, -0.05) is 33.1 Å². The lowest BCUT2D eigenvalue weighted by Crippen LogP contribution is -2.42. The van der Waals surface area contributed by atoms with Gasteiger partial charge in [0.05, 0.1) is 0 Å². The summed E-state index contributed by atoms with van der Waals surface area (Å²) in [7, 11) is 0. The standard InChI is InChI=1S/C17H32N2O/c1-13(2)12-19(16-8-3-4-9-16)17(20)11-14-6-5-7-15(18)10-14/h13-16H,3-12,18H2,1-2H3. The molecule has 0 spiro atoms. The molecule has 2 aliphatic carbocycles. The first-order chi connectivity index (χ1) is 9.56. The minimum absolute atomic E-state index is 0.326. The molecule has 0 bridgehead atoms. The van der Waals surface area contributed by atoms with Gasteiger partial charge in [0.15, 0.2) is 0 Å². The van der Waals surface area contributed by atoms with E-state index in [0.717, 1.165) is 25.8 Å². The Morgan fingerprint density at radius 2 is 1.85 bits per heavy atom. The summed E-state index contributed by atoms with van der Waals surface area (Å²) in [6, 6.07) is 0.841. The van der Waals surface area contributed by atoms with Gasteiger partial charge in [0.1, 0.15) is 0 Å². The fourth-order valence-electron chi connectivity index (χ4n) is 3.95. The van der Waals surface area contributed by atoms with Crippen molar-refractivity contribution in [2.45, 2.75) is 83.7 Å². The van der Waals surface area contributed by atoms with Crippen molar-refractivity contribution in [2.24, 2.45) is 17.6 Å². The quantitative estimate of drug-likeness (QED) is 0.839. The molecule has 3 nitrogen and oxygen atoms in total. The third-order valence-corrected chi connectivity index (χ3v) is 4.93. The summed E-state index contributed by atoms with van der Waals surface area (Å²) >= 11 is 0. The molecule has 0 saturated heterocycles. The molecule has 20 heavy (non-hydrogen) atoms. The van der Waals surface area contributed by atoms with Crippen molar-refractivity contribution in [3.8, 4) is 0 Å². The van der Waals surface area contributed by atoms with Crippen molar-refractivity contribution in [3.63, 3.8) is 0 Å². The summed E-state index contributed by atoms with van der Waals surface area (Å²) in [5.41, 5.74) is 6.05. The fourth-order valence-corrected chi connectivity index (χ4v) is 3.95. The number of hydrogen-bond acceptors (Lipinski definition) is 2. The summed E-state index contributed by atoms with van der Waals surface area (Å²) in [4.78, 5) is 14.9. The Morgan fingerprint density at radius 3 is 2.45 bits per heavy atom. The highest BCUT2D eigenvalue weighted by Gasteiger charge is 2.29. The number of nitrogens with two attached hydrogens (primary N) is 1. The lowest BCUT2D eigenvalue weighted by Gasteiger charge is -2.33. The van der Waals surface area contributed by atoms with E-state index in [4.69, 9.17) is 5.73 Å². The molecule has 2 rings (SSSR count). The first-order valence-electron chi connectivity index (χ1n) is 8.61. The lowest BCUT2D eigenvalue weighted by molar-refractivity contribution is -0.135. The second-order valence-electron chi connectivity index (χ2n) is 7.38. The molecule has 0 aliphatic heterocycles. The highest BCUT2D eigenvalue weighted by Crippen LogP contribution is 2.29. The number of hydrogen-bond donors (Lipinski definition) is 1. The van der Waals surface area contributed by atoms with E-state index in [0.29, 0.717) is 29.8 Å². The van der Waals surface area contributed by atoms with Gasteiger partial charge in [0.2, 0.25) is 5.91 Å². The molecule has 0 radical (unpaired) electrons. The van der Waals surface area contributed by atoms with Crippen LogP contribution >= 0.6 is 0 Å². The van der Waals surface area contributed by atoms with Crippen LogP contribution in [0.1, 0.15) is 71.6 Å². The van der Waals surface area contributed by atoms with Crippen molar-refractivity contribution < 1.29 is 4.79 Å². The number of rotatable bonds is 5. The highest BCUT2D eigenvalue weighted by atomic mass is 16.2. The summed E-state index contributed by atoms with van der Waals surface area (Å²) in [5, 5.41) is 0. The first-order valence-corrected chi connectivity index (χ1v) is 8.61. The molecule has 2 saturated carbocycles. The minimum Gasteiger partial charge on any atom is -0.339 e. The van der Waals surface area contributed by atoms with Crippen LogP contribution in [0.3, 0.4) is 0 Å². The van der Waals surface area contributed by atoms with Crippen molar-refractivity contribution in [1.29, 1.82) is 0 Å². The zero-order chi connectivity index (χ0) is 14.5. The van der Waals surface area contributed by atoms with Crippen LogP contribution in [0.2, 0.25) is 0 Å². The number of nitrogens with zero attached hydrogens (tertiary/aromatic N) is 1. The van der Waals surface area contributed by atoms with Crippen molar-refractivity contribution in [2.75, 3.05) is 6.54 Å². The number of carbonyl (C=O) groups excluding carboxylic acids is 1. The van der Waals surface area contributed by atoms with Gasteiger partial charge in [-0.3, -0.25) is 4.79 Å². The van der Waals surface area contributed by atoms with Crippen molar-refractivity contribution in [3.05, 3.63) is 0 Å². The van der Waals surface area contributed by atoms with Crippen LogP contribution in [-0.4, -0.2) is 29.4 Å². The van der Waals surface area contributed by atoms with Crippen LogP contribution in [0, 0.1) is 11.8 Å². The fraction of sp³-hybridized carbons (Fsp3) is 0.941. The Kier molecular flexibility index (Phi) is 5.88. The Balaban J connectivity index is 1.91. The van der Waals surface area contributed by atoms with E-state index in [9.17, 15) is 4.79 Å². The molecule has 2 atom stereocenters. The Morgan fingerprint density at radius 1 is 1.15 bits per heavy atom. The van der Waals surface area contributed by atoms with Crippen molar-refractivity contribution >= 4 is 5.91 Å². The van der Waals surface area contributed by atoms with Crippen molar-refractivity contribution in [1.82, 2.24) is 4.90 Å². The van der Waals surface area contributed by atoms with Crippen LogP contribution < -0.4 is 5.73 Å². The maximum Gasteiger partial charge on any atom is 0.223 e. The molecule has 116 valence electrons. The summed E-state index contributed by atoms with van der Waals surface area (Å²) < 4.78 is 0. The normalized spacial score (nSPS) is 28.0. The van der Waals surface area contributed by atoms with E-state index in [2.05, 4.69) is 18.7 Å². The summed E-state index contributed by atoms with van der Waals surface area (Å²) in [6.07, 6.45) is 10.3. The van der Waals surface area contributed by atoms with Crippen LogP contribution in [0.5, 0.6) is 0 Å². The zero-order valence-electron chi connectivity index (χ0n) is 13.3. The molecule has 0 aromatic carbocycles. The average Bonchev–Trinajstić information content (AvgIpc) is 2.89. The van der Waals surface area contributed by atoms with E-state index < -0.39 is 0 Å². The maximum absolute atomic E-state index is 12.7. The van der Waals surface area contributed by atoms with Gasteiger partial charge < -0.3 is 10.6 Å². The summed E-state index contributed by atoms with van der Waals surface area (Å²) in [6.45, 7) is 5.36. The van der Waals surface area contributed by atoms with Gasteiger partial charge in [-0.2, -0.15) is 0 Å². The summed E-state index contributed by atoms with van der Waals surface area (Å²) in [5.74, 6) is 1.49. The molecule has 0 heterocycles. The average molecular weight is 280 g/mol. The maximum atomic E-state index is 12.7. The van der Waals surface area contributed by atoms with Crippen LogP contribution in [0.15, 0.2) is 0 Å². The molecule has 3 heteroatoms. The largest absolute Gasteiger partial charge is 0.339 e. The number of amides is 1. The van der Waals surface area contributed by atoms with Gasteiger partial charge in [-0.15, -0.1) is 0 Å². The first kappa shape index (κ1) is 15.8. The molecule has 0 aromatic rings. The van der Waals surface area contributed by atoms with E-state index in [-0.39, 0.29) is 0 Å². The molecular formula is C17H32N2O. The minimum atomic E-state index is 0.326. The highest BCUT2D eigenvalue weighted by molar-refractivity contribution is 5.76. The van der Waals surface area contributed by atoms with Gasteiger partial charge >= 0.3 is 0 Å². The third kappa shape index (κ3) is 4.47. The Bertz CT molecular complexity index is 310. The van der Waals surface area contributed by atoms with Gasteiger partial charge in [0.25, 0.3) is 0 Å². The molecule has 1 amide bonds. The second-order valence-corrected chi connectivity index (χ2v) is 7.38. The monoisotopic (exact) mass is 280 g/mol. The Labute approximate surface area is 124 Å². The van der Waals surface area contributed by atoms with E-state index in [1.165, 1.54) is 38.5 Å². The molecule has 2 aliphatic rings. The predicted octanol–water partition coefficient (Wildman–Crippen LogP) is 3.32. The van der Waals surface area contributed by atoms with Crippen LogP contribution in [0.4, 0.5) is 0 Å². The molecule has 2 N–H and O–H groups in total. The smallest absolute Gasteiger partial charge is 0.223 e. The topological polar surface area (TPSA) is 46.3 Å². The number of carbonyl (C=O) groups is 1. The van der Waals surface area contributed by atoms with Gasteiger partial charge in [0, 0.05) is 25.0 Å². The molecule has 0 aromatic heterocycles. The van der Waals surface area contributed by atoms with Gasteiger partial charge in [-0.05, 0) is 43.9 Å². The van der Waals surface area contributed by atoms with E-state index >= 15 is 0 Å². The third-order valence-electron chi connectivity index (χ3n) is 4.93. The SMILES string of the molecule is CC(C)CN(C(=O)CC1CCCC(N)C1)C1CCCC1. The predicted molar refractivity (Wildman–Crippen MR) is 83.4 cm³/mol. The molecular weight excluding hydrogens is 248 g/mol. The van der Waals surface area contributed by atoms with E-state index in [1.807, 2.05) is 0 Å². The Hall–Kier alpha value is -0.570. The molecule has 2 unspecified atom stereocenters. The van der Waals surface area contributed by atoms with E-state index in [1.54, 1.807) is 0 Å². The van der Waals surface area contributed by atoms with Gasteiger partial charge in [-0.25, -0.2) is 0 Å². The molecule has 2 fully saturated rings. The van der Waals surface area contributed by atoms with Crippen LogP contribution in [0.25, 0.3) is 0 Å². The lowest BCUT2D eigenvalue weighted by atomic mass is 9.84. The zero-order valence-corrected chi connectivity index (χ0v) is 13.3. The van der Waals surface area contributed by atoms with Crippen LogP contribution in [-0.2, 0) is 4.79 Å². The second kappa shape index (κ2) is 7.44.